The number of morpholine rings is 1. The Morgan fingerprint density at radius 2 is 1.52 bits per heavy atom. The van der Waals surface area contributed by atoms with Crippen LogP contribution in [0, 0.1) is 5.82 Å². The van der Waals surface area contributed by atoms with Crippen LogP contribution in [0.1, 0.15) is 25.0 Å². The second-order valence-electron chi connectivity index (χ2n) is 10.4. The van der Waals surface area contributed by atoms with Gasteiger partial charge in [0.25, 0.3) is 5.91 Å². The van der Waals surface area contributed by atoms with Crippen LogP contribution in [0.5, 0.6) is 0 Å². The number of amides is 1. The van der Waals surface area contributed by atoms with Crippen molar-refractivity contribution in [2.45, 2.75) is 18.7 Å². The lowest BCUT2D eigenvalue weighted by atomic mass is 9.98. The molecule has 0 aliphatic carbocycles. The van der Waals surface area contributed by atoms with Crippen molar-refractivity contribution < 1.29 is 22.3 Å². The maximum atomic E-state index is 14.1. The maximum absolute atomic E-state index is 14.1. The molecule has 1 aliphatic rings. The van der Waals surface area contributed by atoms with Gasteiger partial charge in [-0.1, -0.05) is 66.7 Å². The third-order valence-corrected chi connectivity index (χ3v) is 9.55. The summed E-state index contributed by atoms with van der Waals surface area (Å²) < 4.78 is 47.5. The van der Waals surface area contributed by atoms with Crippen LogP contribution in [0.4, 0.5) is 15.8 Å². The minimum absolute atomic E-state index is 0.0990. The third kappa shape index (κ3) is 7.07. The van der Waals surface area contributed by atoms with E-state index in [4.69, 9.17) is 4.74 Å². The molecule has 7 nitrogen and oxygen atoms in total. The van der Waals surface area contributed by atoms with E-state index >= 15 is 0 Å². The van der Waals surface area contributed by atoms with E-state index in [0.29, 0.717) is 54.4 Å². The maximum Gasteiger partial charge on any atom is 0.256 e. The summed E-state index contributed by atoms with van der Waals surface area (Å²) in [4.78, 5) is 16.3. The van der Waals surface area contributed by atoms with Gasteiger partial charge in [0.05, 0.1) is 29.5 Å². The highest BCUT2D eigenvalue weighted by Crippen LogP contribution is 2.32. The van der Waals surface area contributed by atoms with E-state index in [-0.39, 0.29) is 23.8 Å². The Morgan fingerprint density at radius 1 is 0.886 bits per heavy atom. The molecule has 0 aromatic heterocycles. The molecular weight excluding hydrogens is 577 g/mol. The number of nitrogens with zero attached hydrogens (tertiary/aromatic N) is 2. The number of carbonyl (C=O) groups excluding carboxylic acids is 1. The molecule has 1 aliphatic heterocycles. The van der Waals surface area contributed by atoms with Gasteiger partial charge in [0.15, 0.2) is 0 Å². The average Bonchev–Trinajstić information content (AvgIpc) is 3.06. The molecule has 1 heterocycles. The first kappa shape index (κ1) is 31.1. The number of anilines is 2. The van der Waals surface area contributed by atoms with Crippen LogP contribution in [0.15, 0.2) is 102 Å². The molecule has 4 aromatic carbocycles. The molecule has 1 amide bonds. The standard InChI is InChI=1S/C35H36FN3O4S/c1-3-38(4-2)34-19-18-31(44(41,42)39-20-22-43-23-21-39)25-33(34)37-35(40)32(24-26-10-16-30(36)17-11-26)29-14-12-28(13-15-29)27-8-6-5-7-9-27/h5-19,24-25H,3-4,20-23H2,1-2H3,(H,37,40)/b32-24+. The lowest BCUT2D eigenvalue weighted by Crippen LogP contribution is -2.40. The monoisotopic (exact) mass is 613 g/mol. The highest BCUT2D eigenvalue weighted by atomic mass is 32.2. The van der Waals surface area contributed by atoms with Crippen LogP contribution in [0.3, 0.4) is 0 Å². The molecule has 0 spiro atoms. The number of halogens is 1. The van der Waals surface area contributed by atoms with Crippen molar-refractivity contribution in [3.05, 3.63) is 114 Å². The van der Waals surface area contributed by atoms with Crippen LogP contribution < -0.4 is 10.2 Å². The van der Waals surface area contributed by atoms with Crippen molar-refractivity contribution in [2.24, 2.45) is 0 Å². The largest absolute Gasteiger partial charge is 0.379 e. The quantitative estimate of drug-likeness (QED) is 0.162. The van der Waals surface area contributed by atoms with Gasteiger partial charge in [-0.3, -0.25) is 4.79 Å². The Labute approximate surface area is 258 Å². The Balaban J connectivity index is 1.55. The van der Waals surface area contributed by atoms with Gasteiger partial charge in [0.1, 0.15) is 5.82 Å². The summed E-state index contributed by atoms with van der Waals surface area (Å²) in [6.07, 6.45) is 1.71. The number of rotatable bonds is 10. The fourth-order valence-corrected chi connectivity index (χ4v) is 6.65. The summed E-state index contributed by atoms with van der Waals surface area (Å²) in [5.41, 5.74) is 4.81. The highest BCUT2D eigenvalue weighted by molar-refractivity contribution is 7.89. The van der Waals surface area contributed by atoms with Crippen LogP contribution in [0.2, 0.25) is 0 Å². The Morgan fingerprint density at radius 3 is 2.16 bits per heavy atom. The zero-order valence-corrected chi connectivity index (χ0v) is 25.7. The van der Waals surface area contributed by atoms with E-state index in [0.717, 1.165) is 11.1 Å². The summed E-state index contributed by atoms with van der Waals surface area (Å²) in [6.45, 7) is 6.53. The first-order valence-corrected chi connectivity index (χ1v) is 16.2. The minimum Gasteiger partial charge on any atom is -0.379 e. The fourth-order valence-electron chi connectivity index (χ4n) is 5.22. The summed E-state index contributed by atoms with van der Waals surface area (Å²) in [5.74, 6) is -0.793. The summed E-state index contributed by atoms with van der Waals surface area (Å²) in [7, 11) is -3.80. The van der Waals surface area contributed by atoms with Gasteiger partial charge in [-0.05, 0) is 72.5 Å². The van der Waals surface area contributed by atoms with Gasteiger partial charge in [-0.15, -0.1) is 0 Å². The van der Waals surface area contributed by atoms with E-state index in [9.17, 15) is 17.6 Å². The van der Waals surface area contributed by atoms with Crippen molar-refractivity contribution in [1.29, 1.82) is 0 Å². The molecule has 4 aromatic rings. The van der Waals surface area contributed by atoms with Gasteiger partial charge in [-0.2, -0.15) is 4.31 Å². The molecule has 0 saturated carbocycles. The molecule has 0 bridgehead atoms. The second-order valence-corrected chi connectivity index (χ2v) is 12.3. The second kappa shape index (κ2) is 14.0. The van der Waals surface area contributed by atoms with E-state index in [1.54, 1.807) is 30.3 Å². The number of hydrogen-bond acceptors (Lipinski definition) is 5. The molecule has 5 rings (SSSR count). The average molecular weight is 614 g/mol. The van der Waals surface area contributed by atoms with Gasteiger partial charge >= 0.3 is 0 Å². The summed E-state index contributed by atoms with van der Waals surface area (Å²) >= 11 is 0. The predicted octanol–water partition coefficient (Wildman–Crippen LogP) is 6.54. The van der Waals surface area contributed by atoms with E-state index in [2.05, 4.69) is 10.2 Å². The predicted molar refractivity (Wildman–Crippen MR) is 174 cm³/mol. The number of hydrogen-bond donors (Lipinski definition) is 1. The number of benzene rings is 4. The molecule has 1 fully saturated rings. The molecule has 9 heteroatoms. The molecule has 1 N–H and O–H groups in total. The Hall–Kier alpha value is -4.31. The molecule has 0 unspecified atom stereocenters. The molecular formula is C35H36FN3O4S. The minimum atomic E-state index is -3.80. The van der Waals surface area contributed by atoms with Gasteiger partial charge in [-0.25, -0.2) is 12.8 Å². The smallest absolute Gasteiger partial charge is 0.256 e. The molecule has 0 atom stereocenters. The van der Waals surface area contributed by atoms with Crippen molar-refractivity contribution in [3.8, 4) is 11.1 Å². The van der Waals surface area contributed by atoms with E-state index < -0.39 is 15.9 Å². The topological polar surface area (TPSA) is 79.0 Å². The van der Waals surface area contributed by atoms with Crippen molar-refractivity contribution in [3.63, 3.8) is 0 Å². The SMILES string of the molecule is CCN(CC)c1ccc(S(=O)(=O)N2CCOCC2)cc1NC(=O)/C(=C/c1ccc(F)cc1)c1ccc(-c2ccccc2)cc1. The number of carbonyl (C=O) groups is 1. The van der Waals surface area contributed by atoms with Crippen LogP contribution in [-0.2, 0) is 19.6 Å². The lowest BCUT2D eigenvalue weighted by Gasteiger charge is -2.28. The molecule has 44 heavy (non-hydrogen) atoms. The summed E-state index contributed by atoms with van der Waals surface area (Å²) in [5, 5.41) is 3.02. The Bertz CT molecular complexity index is 1710. The van der Waals surface area contributed by atoms with Crippen LogP contribution in [0.25, 0.3) is 22.8 Å². The van der Waals surface area contributed by atoms with Gasteiger partial charge in [0.2, 0.25) is 10.0 Å². The van der Waals surface area contributed by atoms with Gasteiger partial charge in [0, 0.05) is 31.8 Å². The van der Waals surface area contributed by atoms with Crippen molar-refractivity contribution in [2.75, 3.05) is 49.6 Å². The molecule has 0 radical (unpaired) electrons. The van der Waals surface area contributed by atoms with Gasteiger partial charge < -0.3 is 15.0 Å². The number of nitrogens with one attached hydrogen (secondary N) is 1. The van der Waals surface area contributed by atoms with E-state index in [1.807, 2.05) is 68.4 Å². The lowest BCUT2D eigenvalue weighted by molar-refractivity contribution is -0.111. The third-order valence-electron chi connectivity index (χ3n) is 7.66. The van der Waals surface area contributed by atoms with E-state index in [1.165, 1.54) is 22.5 Å². The Kier molecular flexibility index (Phi) is 9.89. The zero-order valence-electron chi connectivity index (χ0n) is 24.9. The molecule has 1 saturated heterocycles. The molecule has 228 valence electrons. The number of ether oxygens (including phenoxy) is 1. The van der Waals surface area contributed by atoms with Crippen LogP contribution in [-0.4, -0.2) is 58.0 Å². The highest BCUT2D eigenvalue weighted by Gasteiger charge is 2.28. The normalized spacial score (nSPS) is 14.3. The van der Waals surface area contributed by atoms with Crippen molar-refractivity contribution in [1.82, 2.24) is 4.31 Å². The zero-order chi connectivity index (χ0) is 31.1. The summed E-state index contributed by atoms with van der Waals surface area (Å²) in [6, 6.07) is 28.4. The van der Waals surface area contributed by atoms with Crippen LogP contribution >= 0.6 is 0 Å². The first-order chi connectivity index (χ1) is 21.3. The number of sulfonamides is 1. The fraction of sp³-hybridized carbons (Fsp3) is 0.229. The van der Waals surface area contributed by atoms with Crippen molar-refractivity contribution >= 4 is 39.0 Å². The first-order valence-electron chi connectivity index (χ1n) is 14.7.